The molecular formula is C24H29N3O4. The summed E-state index contributed by atoms with van der Waals surface area (Å²) in [6.45, 7) is 10.4. The molecule has 0 atom stereocenters. The molecule has 1 aromatic carbocycles. The number of nitrogens with zero attached hydrogens (tertiary/aromatic N) is 2. The van der Waals surface area contributed by atoms with Gasteiger partial charge in [0.1, 0.15) is 5.56 Å². The number of ether oxygens (including phenoxy) is 1. The number of H-pyrrole nitrogens is 1. The second-order valence-corrected chi connectivity index (χ2v) is 8.27. The lowest BCUT2D eigenvalue weighted by molar-refractivity contribution is 0.0333. The number of aromatic carboxylic acids is 1. The summed E-state index contributed by atoms with van der Waals surface area (Å²) in [7, 11) is 2.10. The molecule has 3 aromatic rings. The summed E-state index contributed by atoms with van der Waals surface area (Å²) in [5.41, 5.74) is 6.35. The first kappa shape index (κ1) is 21.3. The number of carboxylic acids is 1. The largest absolute Gasteiger partial charge is 0.477 e. The molecule has 0 aliphatic carbocycles. The van der Waals surface area contributed by atoms with E-state index in [9.17, 15) is 14.7 Å². The van der Waals surface area contributed by atoms with Crippen LogP contribution in [0.3, 0.4) is 0 Å². The molecule has 7 nitrogen and oxygen atoms in total. The Kier molecular flexibility index (Phi) is 5.73. The summed E-state index contributed by atoms with van der Waals surface area (Å²) in [6.07, 6.45) is 0.625. The van der Waals surface area contributed by atoms with E-state index in [1.54, 1.807) is 0 Å². The molecule has 1 saturated heterocycles. The van der Waals surface area contributed by atoms with Gasteiger partial charge in [0.25, 0.3) is 5.56 Å². The van der Waals surface area contributed by atoms with Gasteiger partial charge in [0.2, 0.25) is 0 Å². The van der Waals surface area contributed by atoms with Gasteiger partial charge in [-0.25, -0.2) is 4.79 Å². The smallest absolute Gasteiger partial charge is 0.341 e. The summed E-state index contributed by atoms with van der Waals surface area (Å²) in [6, 6.07) is 5.84. The molecule has 1 aliphatic rings. The number of carbonyl (C=O) groups is 1. The highest BCUT2D eigenvalue weighted by molar-refractivity contribution is 5.92. The molecule has 3 heterocycles. The van der Waals surface area contributed by atoms with Crippen molar-refractivity contribution in [2.45, 2.75) is 33.7 Å². The van der Waals surface area contributed by atoms with Crippen molar-refractivity contribution in [2.75, 3.05) is 26.3 Å². The highest BCUT2D eigenvalue weighted by Crippen LogP contribution is 2.34. The Morgan fingerprint density at radius 1 is 1.16 bits per heavy atom. The number of nitrogens with one attached hydrogen (secondary N) is 1. The number of hydrogen-bond acceptors (Lipinski definition) is 4. The first-order chi connectivity index (χ1) is 14.8. The van der Waals surface area contributed by atoms with Crippen LogP contribution in [0.4, 0.5) is 0 Å². The second-order valence-electron chi connectivity index (χ2n) is 8.27. The van der Waals surface area contributed by atoms with Crippen molar-refractivity contribution >= 4 is 16.9 Å². The van der Waals surface area contributed by atoms with Crippen LogP contribution in [-0.2, 0) is 24.8 Å². The average molecular weight is 424 g/mol. The third kappa shape index (κ3) is 3.79. The SMILES string of the molecule is CCc1cc(C(=O)O)c(=O)[nH]c1-c1cc2cc(CN3CCOCC3)n(C)c2c(C)c1C. The number of morpholine rings is 1. The molecule has 0 unspecified atom stereocenters. The number of hydrogen-bond donors (Lipinski definition) is 2. The standard InChI is InChI=1S/C24H29N3O4/c1-5-16-11-20(24(29)30)23(28)25-21(16)19-12-17-10-18(13-27-6-8-31-9-7-27)26(4)22(17)15(3)14(19)2/h10-12H,5-9,13H2,1-4H3,(H,25,28)(H,29,30). The van der Waals surface area contributed by atoms with Gasteiger partial charge in [0.15, 0.2) is 0 Å². The summed E-state index contributed by atoms with van der Waals surface area (Å²) in [4.78, 5) is 29.1. The summed E-state index contributed by atoms with van der Waals surface area (Å²) >= 11 is 0. The maximum atomic E-state index is 12.4. The molecule has 0 saturated carbocycles. The van der Waals surface area contributed by atoms with Crippen molar-refractivity contribution in [3.63, 3.8) is 0 Å². The molecule has 4 rings (SSSR count). The highest BCUT2D eigenvalue weighted by atomic mass is 16.5. The fraction of sp³-hybridized carbons (Fsp3) is 0.417. The zero-order valence-corrected chi connectivity index (χ0v) is 18.5. The number of aromatic amines is 1. The maximum Gasteiger partial charge on any atom is 0.341 e. The van der Waals surface area contributed by atoms with Gasteiger partial charge in [0.05, 0.1) is 24.4 Å². The maximum absolute atomic E-state index is 12.4. The Bertz CT molecular complexity index is 1220. The van der Waals surface area contributed by atoms with Gasteiger partial charge in [-0.2, -0.15) is 0 Å². The number of benzene rings is 1. The van der Waals surface area contributed by atoms with Crippen molar-refractivity contribution in [1.29, 1.82) is 0 Å². The summed E-state index contributed by atoms with van der Waals surface area (Å²) in [5, 5.41) is 10.4. The first-order valence-corrected chi connectivity index (χ1v) is 10.7. The van der Waals surface area contributed by atoms with E-state index in [2.05, 4.69) is 47.5 Å². The van der Waals surface area contributed by atoms with E-state index in [1.165, 1.54) is 17.3 Å². The number of carboxylic acid groups (broad SMARTS) is 1. The monoisotopic (exact) mass is 423 g/mol. The Hall–Kier alpha value is -2.90. The second kappa shape index (κ2) is 8.32. The van der Waals surface area contributed by atoms with E-state index in [0.717, 1.165) is 60.5 Å². The van der Waals surface area contributed by atoms with Crippen molar-refractivity contribution in [3.05, 3.63) is 56.5 Å². The normalized spacial score (nSPS) is 15.0. The summed E-state index contributed by atoms with van der Waals surface area (Å²) < 4.78 is 7.72. The van der Waals surface area contributed by atoms with Crippen LogP contribution < -0.4 is 5.56 Å². The van der Waals surface area contributed by atoms with Crippen molar-refractivity contribution in [2.24, 2.45) is 7.05 Å². The zero-order valence-electron chi connectivity index (χ0n) is 18.5. The van der Waals surface area contributed by atoms with Crippen molar-refractivity contribution in [1.82, 2.24) is 14.5 Å². The fourth-order valence-electron chi connectivity index (χ4n) is 4.55. The molecule has 1 aliphatic heterocycles. The number of aryl methyl sites for hydroxylation is 3. The third-order valence-electron chi connectivity index (χ3n) is 6.48. The molecule has 0 spiro atoms. The fourth-order valence-corrected chi connectivity index (χ4v) is 4.55. The minimum atomic E-state index is -1.21. The summed E-state index contributed by atoms with van der Waals surface area (Å²) in [5.74, 6) is -1.21. The predicted molar refractivity (Wildman–Crippen MR) is 121 cm³/mol. The topological polar surface area (TPSA) is 87.6 Å². The number of fused-ring (bicyclic) bond motifs is 1. The van der Waals surface area contributed by atoms with Crippen molar-refractivity contribution < 1.29 is 14.6 Å². The van der Waals surface area contributed by atoms with Gasteiger partial charge in [-0.15, -0.1) is 0 Å². The lowest BCUT2D eigenvalue weighted by Crippen LogP contribution is -2.36. The van der Waals surface area contributed by atoms with E-state index >= 15 is 0 Å². The van der Waals surface area contributed by atoms with Crippen LogP contribution >= 0.6 is 0 Å². The number of pyridine rings is 1. The average Bonchev–Trinajstić information content (AvgIpc) is 3.06. The lowest BCUT2D eigenvalue weighted by Gasteiger charge is -2.26. The molecule has 0 amide bonds. The van der Waals surface area contributed by atoms with E-state index in [4.69, 9.17) is 4.74 Å². The minimum absolute atomic E-state index is 0.219. The molecule has 1 fully saturated rings. The lowest BCUT2D eigenvalue weighted by atomic mass is 9.94. The molecule has 31 heavy (non-hydrogen) atoms. The van der Waals surface area contributed by atoms with Crippen LogP contribution in [0.5, 0.6) is 0 Å². The van der Waals surface area contributed by atoms with Crippen LogP contribution in [0.2, 0.25) is 0 Å². The van der Waals surface area contributed by atoms with Crippen LogP contribution in [0.25, 0.3) is 22.2 Å². The van der Waals surface area contributed by atoms with Crippen LogP contribution in [0.15, 0.2) is 23.0 Å². The number of aromatic nitrogens is 2. The highest BCUT2D eigenvalue weighted by Gasteiger charge is 2.20. The molecule has 2 N–H and O–H groups in total. The Labute approximate surface area is 181 Å². The quantitative estimate of drug-likeness (QED) is 0.658. The Morgan fingerprint density at radius 3 is 2.52 bits per heavy atom. The van der Waals surface area contributed by atoms with Gasteiger partial charge in [-0.1, -0.05) is 6.92 Å². The van der Waals surface area contributed by atoms with Gasteiger partial charge in [-0.05, 0) is 55.2 Å². The molecule has 0 bridgehead atoms. The molecule has 164 valence electrons. The van der Waals surface area contributed by atoms with Crippen molar-refractivity contribution in [3.8, 4) is 11.3 Å². The van der Waals surface area contributed by atoms with Crippen LogP contribution in [0, 0.1) is 13.8 Å². The minimum Gasteiger partial charge on any atom is -0.477 e. The Morgan fingerprint density at radius 2 is 1.87 bits per heavy atom. The van der Waals surface area contributed by atoms with E-state index < -0.39 is 11.5 Å². The van der Waals surface area contributed by atoms with Crippen LogP contribution in [-0.4, -0.2) is 51.8 Å². The predicted octanol–water partition coefficient (Wildman–Crippen LogP) is 3.24. The first-order valence-electron chi connectivity index (χ1n) is 10.7. The molecule has 2 aromatic heterocycles. The van der Waals surface area contributed by atoms with Gasteiger partial charge in [-0.3, -0.25) is 9.69 Å². The third-order valence-corrected chi connectivity index (χ3v) is 6.48. The molecule has 7 heteroatoms. The van der Waals surface area contributed by atoms with Gasteiger partial charge >= 0.3 is 5.97 Å². The Balaban J connectivity index is 1.85. The number of rotatable bonds is 5. The molecule has 0 radical (unpaired) electrons. The molecular weight excluding hydrogens is 394 g/mol. The van der Waals surface area contributed by atoms with Gasteiger partial charge < -0.3 is 19.4 Å². The van der Waals surface area contributed by atoms with E-state index in [-0.39, 0.29) is 5.56 Å². The van der Waals surface area contributed by atoms with Gasteiger partial charge in [0, 0.05) is 43.3 Å². The van der Waals surface area contributed by atoms with Crippen LogP contribution in [0.1, 0.15) is 39.7 Å². The zero-order chi connectivity index (χ0) is 22.3. The van der Waals surface area contributed by atoms with E-state index in [0.29, 0.717) is 12.1 Å². The van der Waals surface area contributed by atoms with E-state index in [1.807, 2.05) is 6.92 Å².